The number of aromatic nitrogens is 1. The molecule has 0 aromatic carbocycles. The first-order valence-electron chi connectivity index (χ1n) is 6.11. The predicted molar refractivity (Wildman–Crippen MR) is 70.5 cm³/mol. The summed E-state index contributed by atoms with van der Waals surface area (Å²) in [7, 11) is 2.13. The predicted octanol–water partition coefficient (Wildman–Crippen LogP) is 2.53. The Balaban J connectivity index is 2.30. The van der Waals surface area contributed by atoms with E-state index < -0.39 is 0 Å². The Labute approximate surface area is 102 Å². The summed E-state index contributed by atoms with van der Waals surface area (Å²) in [6.07, 6.45) is 4.92. The van der Waals surface area contributed by atoms with Crippen molar-refractivity contribution < 1.29 is 5.11 Å². The summed E-state index contributed by atoms with van der Waals surface area (Å²) in [5, 5.41) is 9.92. The number of likely N-dealkylation sites (N-methyl/N-ethyl adjacent to an activating group) is 1. The summed E-state index contributed by atoms with van der Waals surface area (Å²) in [6.45, 7) is 5.41. The molecule has 0 aliphatic heterocycles. The van der Waals surface area contributed by atoms with Crippen LogP contribution in [0.5, 0.6) is 5.75 Å². The van der Waals surface area contributed by atoms with Crippen LogP contribution in [0.1, 0.15) is 19.4 Å². The number of hydrogen-bond donors (Lipinski definition) is 1. The Morgan fingerprint density at radius 1 is 1.35 bits per heavy atom. The van der Waals surface area contributed by atoms with Crippen molar-refractivity contribution in [1.29, 1.82) is 0 Å². The molecule has 92 valence electrons. The van der Waals surface area contributed by atoms with Gasteiger partial charge in [-0.2, -0.15) is 0 Å². The van der Waals surface area contributed by atoms with Crippen LogP contribution in [0.25, 0.3) is 5.52 Å². The van der Waals surface area contributed by atoms with Gasteiger partial charge in [0.15, 0.2) is 0 Å². The highest BCUT2D eigenvalue weighted by molar-refractivity contribution is 5.65. The second-order valence-electron chi connectivity index (χ2n) is 4.62. The number of nitrogens with zero attached hydrogens (tertiary/aromatic N) is 2. The minimum absolute atomic E-state index is 0.360. The lowest BCUT2D eigenvalue weighted by atomic mass is 10.1. The van der Waals surface area contributed by atoms with Gasteiger partial charge in [0.1, 0.15) is 5.75 Å². The molecule has 1 unspecified atom stereocenters. The highest BCUT2D eigenvalue weighted by Crippen LogP contribution is 2.24. The van der Waals surface area contributed by atoms with E-state index in [-0.39, 0.29) is 0 Å². The maximum absolute atomic E-state index is 9.92. The number of fused-ring (bicyclic) bond motifs is 1. The zero-order chi connectivity index (χ0) is 12.4. The quantitative estimate of drug-likeness (QED) is 0.877. The molecule has 0 aliphatic carbocycles. The molecule has 0 saturated heterocycles. The van der Waals surface area contributed by atoms with E-state index in [0.717, 1.165) is 18.5 Å². The fourth-order valence-corrected chi connectivity index (χ4v) is 2.17. The van der Waals surface area contributed by atoms with E-state index in [4.69, 9.17) is 0 Å². The summed E-state index contributed by atoms with van der Waals surface area (Å²) in [5.74, 6) is 0.360. The van der Waals surface area contributed by atoms with Crippen molar-refractivity contribution in [3.63, 3.8) is 0 Å². The van der Waals surface area contributed by atoms with Crippen LogP contribution in [-0.2, 0) is 6.42 Å². The van der Waals surface area contributed by atoms with E-state index in [2.05, 4.69) is 31.9 Å². The number of pyridine rings is 1. The van der Waals surface area contributed by atoms with Crippen molar-refractivity contribution in [3.05, 3.63) is 36.2 Å². The first-order valence-corrected chi connectivity index (χ1v) is 6.11. The molecule has 0 aliphatic rings. The maximum Gasteiger partial charge on any atom is 0.139 e. The zero-order valence-electron chi connectivity index (χ0n) is 10.7. The van der Waals surface area contributed by atoms with Gasteiger partial charge in [-0.05, 0) is 50.7 Å². The van der Waals surface area contributed by atoms with Crippen LogP contribution < -0.4 is 0 Å². The fourth-order valence-electron chi connectivity index (χ4n) is 2.17. The Morgan fingerprint density at radius 3 is 2.82 bits per heavy atom. The number of rotatable bonds is 4. The number of hydrogen-bond acceptors (Lipinski definition) is 2. The average molecular weight is 232 g/mol. The molecule has 1 N–H and O–H groups in total. The Bertz CT molecular complexity index is 504. The summed E-state index contributed by atoms with van der Waals surface area (Å²) >= 11 is 0. The first kappa shape index (κ1) is 12.0. The van der Waals surface area contributed by atoms with Gasteiger partial charge in [-0.1, -0.05) is 6.92 Å². The van der Waals surface area contributed by atoms with E-state index in [9.17, 15) is 5.11 Å². The molecule has 3 nitrogen and oxygen atoms in total. The van der Waals surface area contributed by atoms with Gasteiger partial charge in [-0.25, -0.2) is 0 Å². The van der Waals surface area contributed by atoms with Crippen molar-refractivity contribution in [2.45, 2.75) is 26.3 Å². The molecule has 2 aromatic heterocycles. The third-order valence-electron chi connectivity index (χ3n) is 3.51. The summed E-state index contributed by atoms with van der Waals surface area (Å²) < 4.78 is 1.98. The molecule has 0 spiro atoms. The monoisotopic (exact) mass is 232 g/mol. The highest BCUT2D eigenvalue weighted by atomic mass is 16.3. The molecular formula is C14H20N2O. The maximum atomic E-state index is 9.92. The van der Waals surface area contributed by atoms with Crippen molar-refractivity contribution in [2.24, 2.45) is 0 Å². The largest absolute Gasteiger partial charge is 0.506 e. The zero-order valence-corrected chi connectivity index (χ0v) is 10.7. The molecule has 0 fully saturated rings. The molecule has 2 heterocycles. The highest BCUT2D eigenvalue weighted by Gasteiger charge is 2.12. The molecule has 17 heavy (non-hydrogen) atoms. The Kier molecular flexibility index (Phi) is 3.38. The van der Waals surface area contributed by atoms with E-state index in [1.54, 1.807) is 6.07 Å². The molecule has 1 atom stereocenters. The van der Waals surface area contributed by atoms with E-state index in [1.165, 1.54) is 5.56 Å². The lowest BCUT2D eigenvalue weighted by molar-refractivity contribution is 0.270. The minimum atomic E-state index is 0.360. The Hall–Kier alpha value is -1.48. The van der Waals surface area contributed by atoms with Gasteiger partial charge in [0, 0.05) is 18.4 Å². The van der Waals surface area contributed by atoms with Gasteiger partial charge in [-0.15, -0.1) is 0 Å². The molecular weight excluding hydrogens is 212 g/mol. The third kappa shape index (κ3) is 2.29. The van der Waals surface area contributed by atoms with Crippen molar-refractivity contribution in [2.75, 3.05) is 13.6 Å². The van der Waals surface area contributed by atoms with Crippen LogP contribution in [0, 0.1) is 0 Å². The molecule has 2 rings (SSSR count). The summed E-state index contributed by atoms with van der Waals surface area (Å²) in [4.78, 5) is 2.31. The van der Waals surface area contributed by atoms with Gasteiger partial charge in [0.2, 0.25) is 0 Å². The van der Waals surface area contributed by atoms with Crippen LogP contribution in [0.15, 0.2) is 30.6 Å². The third-order valence-corrected chi connectivity index (χ3v) is 3.51. The second kappa shape index (κ2) is 4.80. The van der Waals surface area contributed by atoms with Gasteiger partial charge < -0.3 is 14.4 Å². The molecule has 0 bridgehead atoms. The standard InChI is InChI=1S/C14H20N2O/c1-4-15(3)11(2)10-12-7-9-16-8-5-6-13(17)14(12)16/h5-9,11,17H,4,10H2,1-3H3. The van der Waals surface area contributed by atoms with E-state index in [1.807, 2.05) is 22.9 Å². The molecule has 2 aromatic rings. The smallest absolute Gasteiger partial charge is 0.139 e. The van der Waals surface area contributed by atoms with Gasteiger partial charge in [0.25, 0.3) is 0 Å². The van der Waals surface area contributed by atoms with Crippen LogP contribution in [0.4, 0.5) is 0 Å². The van der Waals surface area contributed by atoms with Crippen LogP contribution >= 0.6 is 0 Å². The van der Waals surface area contributed by atoms with Crippen LogP contribution in [0.2, 0.25) is 0 Å². The fraction of sp³-hybridized carbons (Fsp3) is 0.429. The topological polar surface area (TPSA) is 27.9 Å². The van der Waals surface area contributed by atoms with Crippen molar-refractivity contribution >= 4 is 5.52 Å². The molecule has 0 radical (unpaired) electrons. The van der Waals surface area contributed by atoms with Crippen LogP contribution in [0.3, 0.4) is 0 Å². The SMILES string of the molecule is CCN(C)C(C)Cc1ccn2cccc(O)c12. The lowest BCUT2D eigenvalue weighted by Gasteiger charge is -2.22. The molecule has 0 amide bonds. The normalized spacial score (nSPS) is 13.4. The lowest BCUT2D eigenvalue weighted by Crippen LogP contribution is -2.30. The summed E-state index contributed by atoms with van der Waals surface area (Å²) in [5.41, 5.74) is 2.14. The van der Waals surface area contributed by atoms with E-state index in [0.29, 0.717) is 11.8 Å². The Morgan fingerprint density at radius 2 is 2.12 bits per heavy atom. The van der Waals surface area contributed by atoms with Gasteiger partial charge >= 0.3 is 0 Å². The van der Waals surface area contributed by atoms with Gasteiger partial charge in [0.05, 0.1) is 5.52 Å². The average Bonchev–Trinajstić information content (AvgIpc) is 2.72. The van der Waals surface area contributed by atoms with Crippen LogP contribution in [-0.4, -0.2) is 34.0 Å². The number of aromatic hydroxyl groups is 1. The molecule has 3 heteroatoms. The minimum Gasteiger partial charge on any atom is -0.506 e. The van der Waals surface area contributed by atoms with Gasteiger partial charge in [-0.3, -0.25) is 0 Å². The molecule has 0 saturated carbocycles. The summed E-state index contributed by atoms with van der Waals surface area (Å²) in [6, 6.07) is 6.17. The van der Waals surface area contributed by atoms with Crippen molar-refractivity contribution in [1.82, 2.24) is 9.30 Å². The first-order chi connectivity index (χ1) is 8.13. The van der Waals surface area contributed by atoms with Crippen molar-refractivity contribution in [3.8, 4) is 5.75 Å². The second-order valence-corrected chi connectivity index (χ2v) is 4.62. The van der Waals surface area contributed by atoms with E-state index >= 15 is 0 Å².